The summed E-state index contributed by atoms with van der Waals surface area (Å²) in [7, 11) is 0. The van der Waals surface area contributed by atoms with E-state index in [0.717, 1.165) is 26.9 Å². The Morgan fingerprint density at radius 2 is 2.00 bits per heavy atom. The zero-order valence-corrected chi connectivity index (χ0v) is 13.3. The van der Waals surface area contributed by atoms with Crippen molar-refractivity contribution in [2.45, 2.75) is 20.8 Å². The van der Waals surface area contributed by atoms with Crippen LogP contribution in [0.15, 0.2) is 24.5 Å². The number of nitrogens with one attached hydrogen (secondary N) is 1. The summed E-state index contributed by atoms with van der Waals surface area (Å²) >= 11 is 1.36. The molecule has 1 aromatic carbocycles. The van der Waals surface area contributed by atoms with Crippen LogP contribution in [0, 0.1) is 20.8 Å². The van der Waals surface area contributed by atoms with E-state index in [4.69, 9.17) is 0 Å². The van der Waals surface area contributed by atoms with Crippen LogP contribution < -0.4 is 5.32 Å². The molecule has 0 bridgehead atoms. The number of rotatable bonds is 2. The molecule has 0 aliphatic heterocycles. The summed E-state index contributed by atoms with van der Waals surface area (Å²) in [6.45, 7) is 5.64. The van der Waals surface area contributed by atoms with Crippen molar-refractivity contribution in [1.82, 2.24) is 9.97 Å². The number of nitrogens with zero attached hydrogens (tertiary/aromatic N) is 2. The lowest BCUT2D eigenvalue weighted by Crippen LogP contribution is -2.11. The van der Waals surface area contributed by atoms with E-state index >= 15 is 0 Å². The van der Waals surface area contributed by atoms with Crippen molar-refractivity contribution in [3.05, 3.63) is 46.8 Å². The van der Waals surface area contributed by atoms with E-state index in [1.165, 1.54) is 17.5 Å². The van der Waals surface area contributed by atoms with Crippen LogP contribution in [-0.2, 0) is 0 Å². The van der Waals surface area contributed by atoms with Gasteiger partial charge in [-0.25, -0.2) is 4.98 Å². The lowest BCUT2D eigenvalue weighted by Gasteiger charge is -2.07. The molecule has 0 atom stereocenters. The number of phenolic OH excluding ortho intramolecular Hbond substituents is 1. The molecule has 22 heavy (non-hydrogen) atoms. The normalized spacial score (nSPS) is 10.9. The molecular weight excluding hydrogens is 298 g/mol. The van der Waals surface area contributed by atoms with Gasteiger partial charge in [0.25, 0.3) is 5.91 Å². The molecule has 2 heterocycles. The molecule has 1 amide bonds. The number of hydrogen-bond donors (Lipinski definition) is 2. The van der Waals surface area contributed by atoms with E-state index < -0.39 is 0 Å². The van der Waals surface area contributed by atoms with Crippen LogP contribution in [0.5, 0.6) is 5.75 Å². The number of thiazole rings is 1. The first-order valence-corrected chi connectivity index (χ1v) is 7.61. The summed E-state index contributed by atoms with van der Waals surface area (Å²) in [4.78, 5) is 20.6. The van der Waals surface area contributed by atoms with Crippen LogP contribution in [-0.4, -0.2) is 21.0 Å². The van der Waals surface area contributed by atoms with Gasteiger partial charge in [-0.2, -0.15) is 0 Å². The summed E-state index contributed by atoms with van der Waals surface area (Å²) in [5, 5.41) is 13.4. The monoisotopic (exact) mass is 313 g/mol. The average molecular weight is 313 g/mol. The predicted octanol–water partition coefficient (Wildman–Crippen LogP) is 3.57. The first-order valence-electron chi connectivity index (χ1n) is 6.79. The fourth-order valence-electron chi connectivity index (χ4n) is 2.29. The van der Waals surface area contributed by atoms with Gasteiger partial charge in [0.2, 0.25) is 0 Å². The van der Waals surface area contributed by atoms with E-state index in [9.17, 15) is 9.90 Å². The molecule has 0 aliphatic carbocycles. The number of carbonyl (C=O) groups excluding carboxylic acids is 1. The van der Waals surface area contributed by atoms with E-state index in [2.05, 4.69) is 15.3 Å². The van der Waals surface area contributed by atoms with Gasteiger partial charge in [-0.3, -0.25) is 15.1 Å². The lowest BCUT2D eigenvalue weighted by molar-refractivity contribution is 0.102. The number of phenols is 1. The number of fused-ring (bicyclic) bond motifs is 1. The minimum atomic E-state index is -0.247. The second-order valence-electron chi connectivity index (χ2n) is 5.12. The van der Waals surface area contributed by atoms with Gasteiger partial charge in [-0.1, -0.05) is 11.3 Å². The zero-order valence-electron chi connectivity index (χ0n) is 12.5. The number of aromatic hydroxyl groups is 1. The molecule has 6 heteroatoms. The fraction of sp³-hybridized carbons (Fsp3) is 0.188. The third-order valence-electron chi connectivity index (χ3n) is 3.74. The SMILES string of the molecule is Cc1c(O)c(C)c2sc(NC(=O)c3cccnc3)nc2c1C. The zero-order chi connectivity index (χ0) is 15.9. The van der Waals surface area contributed by atoms with E-state index in [0.29, 0.717) is 16.4 Å². The molecule has 2 N–H and O–H groups in total. The first-order chi connectivity index (χ1) is 10.5. The van der Waals surface area contributed by atoms with Crippen LogP contribution in [0.25, 0.3) is 10.2 Å². The molecule has 0 fully saturated rings. The Balaban J connectivity index is 2.01. The molecule has 0 spiro atoms. The third-order valence-corrected chi connectivity index (χ3v) is 4.83. The molecule has 3 aromatic rings. The van der Waals surface area contributed by atoms with E-state index in [-0.39, 0.29) is 5.91 Å². The highest BCUT2D eigenvalue weighted by atomic mass is 32.1. The Labute approximate surface area is 131 Å². The van der Waals surface area contributed by atoms with Gasteiger partial charge < -0.3 is 5.11 Å². The van der Waals surface area contributed by atoms with Crippen LogP contribution in [0.2, 0.25) is 0 Å². The third kappa shape index (κ3) is 2.31. The Bertz CT molecular complexity index is 827. The summed E-state index contributed by atoms with van der Waals surface area (Å²) in [6, 6.07) is 3.41. The largest absolute Gasteiger partial charge is 0.507 e. The van der Waals surface area contributed by atoms with Crippen molar-refractivity contribution in [2.75, 3.05) is 5.32 Å². The number of pyridine rings is 1. The predicted molar refractivity (Wildman–Crippen MR) is 87.7 cm³/mol. The van der Waals surface area contributed by atoms with Gasteiger partial charge >= 0.3 is 0 Å². The lowest BCUT2D eigenvalue weighted by atomic mass is 10.0. The summed E-state index contributed by atoms with van der Waals surface area (Å²) in [5.41, 5.74) is 3.84. The van der Waals surface area contributed by atoms with Gasteiger partial charge in [0.1, 0.15) is 5.75 Å². The molecule has 0 aliphatic rings. The highest BCUT2D eigenvalue weighted by Gasteiger charge is 2.17. The topological polar surface area (TPSA) is 75.1 Å². The van der Waals surface area contributed by atoms with Crippen LogP contribution in [0.3, 0.4) is 0 Å². The van der Waals surface area contributed by atoms with Crippen molar-refractivity contribution in [3.63, 3.8) is 0 Å². The molecule has 0 radical (unpaired) electrons. The Morgan fingerprint density at radius 3 is 2.68 bits per heavy atom. The first kappa shape index (κ1) is 14.5. The number of carbonyl (C=O) groups is 1. The van der Waals surface area contributed by atoms with E-state index in [1.807, 2.05) is 20.8 Å². The van der Waals surface area contributed by atoms with E-state index in [1.54, 1.807) is 18.3 Å². The molecular formula is C16H15N3O2S. The van der Waals surface area contributed by atoms with Crippen LogP contribution in [0.1, 0.15) is 27.0 Å². The van der Waals surface area contributed by atoms with Gasteiger partial charge in [-0.05, 0) is 44.0 Å². The molecule has 0 unspecified atom stereocenters. The number of hydrogen-bond acceptors (Lipinski definition) is 5. The van der Waals surface area contributed by atoms with Crippen molar-refractivity contribution < 1.29 is 9.90 Å². The van der Waals surface area contributed by atoms with Gasteiger partial charge in [0.15, 0.2) is 5.13 Å². The van der Waals surface area contributed by atoms with Crippen molar-refractivity contribution in [3.8, 4) is 5.75 Å². The molecule has 0 saturated heterocycles. The highest BCUT2D eigenvalue weighted by molar-refractivity contribution is 7.22. The fourth-order valence-corrected chi connectivity index (χ4v) is 3.31. The van der Waals surface area contributed by atoms with Crippen LogP contribution in [0.4, 0.5) is 5.13 Å². The number of aryl methyl sites for hydroxylation is 2. The Hall–Kier alpha value is -2.47. The van der Waals surface area contributed by atoms with Crippen molar-refractivity contribution >= 4 is 32.6 Å². The molecule has 112 valence electrons. The van der Waals surface area contributed by atoms with Gasteiger partial charge in [-0.15, -0.1) is 0 Å². The molecule has 2 aromatic heterocycles. The number of aromatic nitrogens is 2. The maximum Gasteiger partial charge on any atom is 0.259 e. The molecule has 5 nitrogen and oxygen atoms in total. The number of amides is 1. The van der Waals surface area contributed by atoms with Crippen molar-refractivity contribution in [2.24, 2.45) is 0 Å². The minimum absolute atomic E-state index is 0.247. The Kier molecular flexibility index (Phi) is 3.54. The summed E-state index contributed by atoms with van der Waals surface area (Å²) < 4.78 is 0.891. The Morgan fingerprint density at radius 1 is 1.23 bits per heavy atom. The quantitative estimate of drug-likeness (QED) is 0.758. The van der Waals surface area contributed by atoms with Gasteiger partial charge in [0, 0.05) is 18.0 Å². The standard InChI is InChI=1S/C16H15N3O2S/c1-8-9(2)13(20)10(3)14-12(8)18-16(22-14)19-15(21)11-5-4-6-17-7-11/h4-7,20H,1-3H3,(H,18,19,21). The van der Waals surface area contributed by atoms with Crippen LogP contribution >= 0.6 is 11.3 Å². The van der Waals surface area contributed by atoms with Crippen molar-refractivity contribution in [1.29, 1.82) is 0 Å². The summed E-state index contributed by atoms with van der Waals surface area (Å²) in [5.74, 6) is 0.0437. The maximum absolute atomic E-state index is 12.2. The summed E-state index contributed by atoms with van der Waals surface area (Å²) in [6.07, 6.45) is 3.13. The molecule has 0 saturated carbocycles. The smallest absolute Gasteiger partial charge is 0.259 e. The molecule has 3 rings (SSSR count). The average Bonchev–Trinajstić information content (AvgIpc) is 2.95. The highest BCUT2D eigenvalue weighted by Crippen LogP contribution is 2.38. The number of anilines is 1. The van der Waals surface area contributed by atoms with Gasteiger partial charge in [0.05, 0.1) is 15.8 Å². The number of benzene rings is 1. The second kappa shape index (κ2) is 5.38. The maximum atomic E-state index is 12.2. The minimum Gasteiger partial charge on any atom is -0.507 e. The second-order valence-corrected chi connectivity index (χ2v) is 6.12.